The number of carbonyl (C=O) groups is 1. The van der Waals surface area contributed by atoms with Crippen LogP contribution >= 0.6 is 0 Å². The summed E-state index contributed by atoms with van der Waals surface area (Å²) in [5, 5.41) is 16.7. The molecule has 4 rings (SSSR count). The zero-order valence-electron chi connectivity index (χ0n) is 24.2. The van der Waals surface area contributed by atoms with Crippen molar-refractivity contribution in [1.82, 2.24) is 24.6 Å². The number of amides is 1. The fourth-order valence-electron chi connectivity index (χ4n) is 5.63. The Morgan fingerprint density at radius 3 is 2.48 bits per heavy atom. The number of fused-ring (bicyclic) bond motifs is 1. The Hall–Kier alpha value is -3.89. The first-order valence-corrected chi connectivity index (χ1v) is 13.9. The minimum atomic E-state index is -4.49. The Morgan fingerprint density at radius 2 is 1.88 bits per heavy atom. The lowest BCUT2D eigenvalue weighted by atomic mass is 9.94. The van der Waals surface area contributed by atoms with Gasteiger partial charge in [0.15, 0.2) is 0 Å². The standard InChI is InChI=1S/C29H36F3N7O3/c1-5-21-17-39(27(28(41)34-12-14-42-4)19-7-9-20(10-8-19)29(30,31)32)22(6-2)16-38(21)23-15-25(40)36(3)24-18-37(13-11-33)35-26(23)24/h7-10,15,18,21-22,27H,5-6,12-14,16-17H2,1-4H3,(H,34,41)/t21-,22+,27?/m0/s1. The van der Waals surface area contributed by atoms with Crippen molar-refractivity contribution in [1.29, 1.82) is 5.26 Å². The summed E-state index contributed by atoms with van der Waals surface area (Å²) in [6.07, 6.45) is -1.49. The first-order valence-electron chi connectivity index (χ1n) is 13.9. The van der Waals surface area contributed by atoms with Crippen LogP contribution < -0.4 is 15.8 Å². The molecular formula is C29H36F3N7O3. The van der Waals surface area contributed by atoms with E-state index in [9.17, 15) is 28.0 Å². The number of hydrogen-bond acceptors (Lipinski definition) is 7. The van der Waals surface area contributed by atoms with Crippen molar-refractivity contribution in [2.45, 2.75) is 57.5 Å². The minimum Gasteiger partial charge on any atom is -0.383 e. The lowest BCUT2D eigenvalue weighted by Crippen LogP contribution is -2.61. The van der Waals surface area contributed by atoms with Crippen molar-refractivity contribution in [3.05, 3.63) is 58.0 Å². The largest absolute Gasteiger partial charge is 0.416 e. The van der Waals surface area contributed by atoms with Crippen LogP contribution in [-0.4, -0.2) is 70.6 Å². The molecule has 1 aliphatic heterocycles. The van der Waals surface area contributed by atoms with Gasteiger partial charge in [0.2, 0.25) is 5.91 Å². The zero-order chi connectivity index (χ0) is 30.6. The van der Waals surface area contributed by atoms with Gasteiger partial charge in [-0.3, -0.25) is 19.2 Å². The predicted molar refractivity (Wildman–Crippen MR) is 152 cm³/mol. The quantitative estimate of drug-likeness (QED) is 0.362. The number of carbonyl (C=O) groups excluding carboxylic acids is 1. The number of nitrogens with one attached hydrogen (secondary N) is 1. The molecule has 0 aliphatic carbocycles. The van der Waals surface area contributed by atoms with Gasteiger partial charge in [-0.2, -0.15) is 23.5 Å². The molecule has 1 saturated heterocycles. The first kappa shape index (κ1) is 31.1. The van der Waals surface area contributed by atoms with Gasteiger partial charge >= 0.3 is 6.18 Å². The number of methoxy groups -OCH3 is 1. The van der Waals surface area contributed by atoms with E-state index in [2.05, 4.69) is 26.3 Å². The number of pyridine rings is 1. The summed E-state index contributed by atoms with van der Waals surface area (Å²) in [5.74, 6) is -0.320. The molecule has 3 heterocycles. The highest BCUT2D eigenvalue weighted by atomic mass is 19.4. The molecule has 0 bridgehead atoms. The molecule has 1 N–H and O–H groups in total. The maximum Gasteiger partial charge on any atom is 0.416 e. The fourth-order valence-corrected chi connectivity index (χ4v) is 5.63. The lowest BCUT2D eigenvalue weighted by molar-refractivity contribution is -0.137. The van der Waals surface area contributed by atoms with Crippen LogP contribution in [0.25, 0.3) is 11.0 Å². The number of alkyl halides is 3. The Balaban J connectivity index is 1.75. The molecular weight excluding hydrogens is 551 g/mol. The van der Waals surface area contributed by atoms with Crippen molar-refractivity contribution in [3.8, 4) is 6.07 Å². The molecule has 3 aromatic rings. The van der Waals surface area contributed by atoms with E-state index in [-0.39, 0.29) is 36.6 Å². The van der Waals surface area contributed by atoms with Crippen LogP contribution in [0.2, 0.25) is 0 Å². The summed E-state index contributed by atoms with van der Waals surface area (Å²) in [7, 11) is 3.18. The SMILES string of the molecule is CC[C@H]1CN(C(C(=O)NCCOC)c2ccc(C(F)(F)F)cc2)[C@H](CC)CN1c1cc(=O)n(C)c2cn(CC#N)nc12. The second kappa shape index (κ2) is 13.0. The molecule has 226 valence electrons. The molecule has 1 aliphatic rings. The summed E-state index contributed by atoms with van der Waals surface area (Å²) in [6, 6.07) is 7.25. The van der Waals surface area contributed by atoms with Gasteiger partial charge in [0.1, 0.15) is 18.1 Å². The molecule has 1 aromatic carbocycles. The summed E-state index contributed by atoms with van der Waals surface area (Å²) in [6.45, 7) is 5.50. The molecule has 1 fully saturated rings. The van der Waals surface area contributed by atoms with Gasteiger partial charge in [-0.25, -0.2) is 0 Å². The third-order valence-corrected chi connectivity index (χ3v) is 7.90. The number of halogens is 3. The highest BCUT2D eigenvalue weighted by Crippen LogP contribution is 2.36. The third-order valence-electron chi connectivity index (χ3n) is 7.90. The number of hydrogen-bond donors (Lipinski definition) is 1. The highest BCUT2D eigenvalue weighted by Gasteiger charge is 2.40. The van der Waals surface area contributed by atoms with E-state index in [0.717, 1.165) is 12.1 Å². The molecule has 10 nitrogen and oxygen atoms in total. The van der Waals surface area contributed by atoms with Crippen molar-refractivity contribution >= 4 is 22.6 Å². The second-order valence-electron chi connectivity index (χ2n) is 10.4. The fraction of sp³-hybridized carbons (Fsp3) is 0.517. The zero-order valence-corrected chi connectivity index (χ0v) is 24.2. The van der Waals surface area contributed by atoms with Gasteiger partial charge in [-0.05, 0) is 30.5 Å². The summed E-state index contributed by atoms with van der Waals surface area (Å²) < 4.78 is 48.0. The Kier molecular flexibility index (Phi) is 9.58. The topological polar surface area (TPSA) is 108 Å². The van der Waals surface area contributed by atoms with Crippen molar-refractivity contribution in [2.24, 2.45) is 7.05 Å². The number of ether oxygens (including phenoxy) is 1. The van der Waals surface area contributed by atoms with Crippen LogP contribution in [-0.2, 0) is 29.3 Å². The second-order valence-corrected chi connectivity index (χ2v) is 10.4. The molecule has 42 heavy (non-hydrogen) atoms. The molecule has 1 amide bonds. The number of piperazine rings is 1. The van der Waals surface area contributed by atoms with Gasteiger partial charge in [0.25, 0.3) is 5.56 Å². The summed E-state index contributed by atoms with van der Waals surface area (Å²) in [4.78, 5) is 30.8. The maximum atomic E-state index is 13.6. The monoisotopic (exact) mass is 587 g/mol. The molecule has 2 aromatic heterocycles. The molecule has 13 heteroatoms. The first-order chi connectivity index (χ1) is 20.0. The maximum absolute atomic E-state index is 13.6. The number of nitriles is 1. The highest BCUT2D eigenvalue weighted by molar-refractivity contribution is 5.88. The average Bonchev–Trinajstić information content (AvgIpc) is 3.39. The predicted octanol–water partition coefficient (Wildman–Crippen LogP) is 3.46. The van der Waals surface area contributed by atoms with Crippen LogP contribution in [0.5, 0.6) is 0 Å². The van der Waals surface area contributed by atoms with E-state index in [1.807, 2.05) is 13.8 Å². The Labute approximate surface area is 242 Å². The van der Waals surface area contributed by atoms with Gasteiger partial charge < -0.3 is 19.5 Å². The van der Waals surface area contributed by atoms with Gasteiger partial charge in [0.05, 0.1) is 35.6 Å². The molecule has 0 spiro atoms. The van der Waals surface area contributed by atoms with Crippen LogP contribution in [0.3, 0.4) is 0 Å². The van der Waals surface area contributed by atoms with Gasteiger partial charge in [0, 0.05) is 51.9 Å². The summed E-state index contributed by atoms with van der Waals surface area (Å²) in [5.41, 5.74) is 1.35. The Bertz CT molecular complexity index is 1490. The van der Waals surface area contributed by atoms with Crippen LogP contribution in [0, 0.1) is 11.3 Å². The smallest absolute Gasteiger partial charge is 0.383 e. The number of aryl methyl sites for hydroxylation is 1. The molecule has 0 radical (unpaired) electrons. The number of aromatic nitrogens is 3. The number of anilines is 1. The number of nitrogens with zero attached hydrogens (tertiary/aromatic N) is 6. The number of benzene rings is 1. The summed E-state index contributed by atoms with van der Waals surface area (Å²) >= 11 is 0. The van der Waals surface area contributed by atoms with Crippen LogP contribution in [0.4, 0.5) is 18.9 Å². The van der Waals surface area contributed by atoms with Gasteiger partial charge in [-0.1, -0.05) is 26.0 Å². The Morgan fingerprint density at radius 1 is 1.19 bits per heavy atom. The van der Waals surface area contributed by atoms with E-state index < -0.39 is 17.8 Å². The average molecular weight is 588 g/mol. The molecule has 3 atom stereocenters. The molecule has 0 saturated carbocycles. The van der Waals surface area contributed by atoms with E-state index in [4.69, 9.17) is 4.74 Å². The van der Waals surface area contributed by atoms with Crippen molar-refractivity contribution < 1.29 is 22.7 Å². The molecule has 1 unspecified atom stereocenters. The van der Waals surface area contributed by atoms with E-state index in [1.54, 1.807) is 19.3 Å². The van der Waals surface area contributed by atoms with E-state index in [0.29, 0.717) is 54.8 Å². The normalized spacial score (nSPS) is 18.7. The van der Waals surface area contributed by atoms with E-state index >= 15 is 0 Å². The van der Waals surface area contributed by atoms with E-state index in [1.165, 1.54) is 28.5 Å². The van der Waals surface area contributed by atoms with Crippen LogP contribution in [0.15, 0.2) is 41.3 Å². The number of rotatable bonds is 10. The van der Waals surface area contributed by atoms with Crippen molar-refractivity contribution in [3.63, 3.8) is 0 Å². The van der Waals surface area contributed by atoms with Crippen molar-refractivity contribution in [2.75, 3.05) is 38.3 Å². The third kappa shape index (κ3) is 6.29. The lowest BCUT2D eigenvalue weighted by Gasteiger charge is -2.49. The minimum absolute atomic E-state index is 0.0396. The van der Waals surface area contributed by atoms with Gasteiger partial charge in [-0.15, -0.1) is 0 Å². The van der Waals surface area contributed by atoms with Crippen LogP contribution in [0.1, 0.15) is 43.9 Å².